The number of hydrogen-bond donors (Lipinski definition) is 1. The fraction of sp³-hybridized carbons (Fsp3) is 0.192. The van der Waals surface area contributed by atoms with Gasteiger partial charge in [0.1, 0.15) is 12.7 Å². The molecule has 0 spiro atoms. The molecule has 0 aromatic heterocycles. The monoisotopic (exact) mass is 503 g/mol. The Bertz CT molecular complexity index is 1300. The fourth-order valence-electron chi connectivity index (χ4n) is 3.66. The van der Waals surface area contributed by atoms with Crippen molar-refractivity contribution in [3.8, 4) is 0 Å². The number of carbonyl (C=O) groups is 3. The van der Waals surface area contributed by atoms with Crippen LogP contribution in [-0.2, 0) is 18.9 Å². The van der Waals surface area contributed by atoms with E-state index < -0.39 is 48.7 Å². The minimum absolute atomic E-state index is 0.123. The van der Waals surface area contributed by atoms with Gasteiger partial charge in [-0.1, -0.05) is 54.6 Å². The Kier molecular flexibility index (Phi) is 7.80. The zero-order chi connectivity index (χ0) is 26.3. The predicted octanol–water partition coefficient (Wildman–Crippen LogP) is 3.65. The molecule has 0 aliphatic carbocycles. The Morgan fingerprint density at radius 3 is 1.76 bits per heavy atom. The van der Waals surface area contributed by atoms with Crippen LogP contribution in [0, 0.1) is 0 Å². The summed E-state index contributed by atoms with van der Waals surface area (Å²) < 4.78 is 21.8. The van der Waals surface area contributed by atoms with E-state index >= 15 is 0 Å². The van der Waals surface area contributed by atoms with Crippen molar-refractivity contribution in [2.75, 3.05) is 6.61 Å². The Morgan fingerprint density at radius 2 is 1.27 bits per heavy atom. The maximum absolute atomic E-state index is 12.9. The van der Waals surface area contributed by atoms with Gasteiger partial charge in [0.15, 0.2) is 6.10 Å². The van der Waals surface area contributed by atoms with Crippen molar-refractivity contribution in [3.05, 3.63) is 118 Å². The van der Waals surface area contributed by atoms with Crippen LogP contribution in [0.25, 0.3) is 10.4 Å². The average molecular weight is 503 g/mol. The standard InChI is InChI=1S/C26H21N3O8/c27-29-28-26(33)22(36-25(32)19-14-8-3-9-15-19)21(35-24(31)18-12-6-2-7-13-18)20(37-26)16-34-23(30)17-10-4-1-5-11-17/h1-15,20-22,33H,16H2/t20-,21-,22-,26+/m0/s1. The molecular formula is C26H21N3O8. The average Bonchev–Trinajstić information content (AvgIpc) is 3.18. The predicted molar refractivity (Wildman–Crippen MR) is 127 cm³/mol. The van der Waals surface area contributed by atoms with Crippen molar-refractivity contribution in [3.63, 3.8) is 0 Å². The first-order valence-corrected chi connectivity index (χ1v) is 11.1. The number of esters is 3. The molecule has 4 atom stereocenters. The number of ether oxygens (including phenoxy) is 4. The summed E-state index contributed by atoms with van der Waals surface area (Å²) in [4.78, 5) is 40.7. The molecule has 1 fully saturated rings. The third kappa shape index (κ3) is 5.93. The number of benzene rings is 3. The zero-order valence-electron chi connectivity index (χ0n) is 19.2. The molecule has 4 rings (SSSR count). The zero-order valence-corrected chi connectivity index (χ0v) is 19.2. The van der Waals surface area contributed by atoms with E-state index in [2.05, 4.69) is 10.0 Å². The minimum Gasteiger partial charge on any atom is -0.459 e. The molecule has 1 N–H and O–H groups in total. The summed E-state index contributed by atoms with van der Waals surface area (Å²) in [7, 11) is 0. The second-order valence-corrected chi connectivity index (χ2v) is 7.90. The number of carbonyl (C=O) groups excluding carboxylic acids is 3. The van der Waals surface area contributed by atoms with Gasteiger partial charge in [-0.2, -0.15) is 0 Å². The van der Waals surface area contributed by atoms with Crippen LogP contribution in [0.5, 0.6) is 0 Å². The largest absolute Gasteiger partial charge is 0.459 e. The third-order valence-electron chi connectivity index (χ3n) is 5.43. The van der Waals surface area contributed by atoms with Gasteiger partial charge in [0.25, 0.3) is 5.91 Å². The van der Waals surface area contributed by atoms with Crippen LogP contribution in [0.15, 0.2) is 96.1 Å². The Balaban J connectivity index is 1.62. The van der Waals surface area contributed by atoms with Crippen LogP contribution in [-0.4, -0.2) is 53.8 Å². The van der Waals surface area contributed by atoms with Crippen molar-refractivity contribution < 1.29 is 38.4 Å². The van der Waals surface area contributed by atoms with E-state index in [0.29, 0.717) is 0 Å². The smallest absolute Gasteiger partial charge is 0.338 e. The van der Waals surface area contributed by atoms with Crippen molar-refractivity contribution in [1.29, 1.82) is 0 Å². The van der Waals surface area contributed by atoms with E-state index in [4.69, 9.17) is 24.5 Å². The highest BCUT2D eigenvalue weighted by Gasteiger charge is 2.59. The lowest BCUT2D eigenvalue weighted by Gasteiger charge is -2.26. The first kappa shape index (κ1) is 25.4. The molecule has 11 nitrogen and oxygen atoms in total. The van der Waals surface area contributed by atoms with Gasteiger partial charge in [-0.25, -0.2) is 14.4 Å². The van der Waals surface area contributed by atoms with E-state index in [9.17, 15) is 19.5 Å². The van der Waals surface area contributed by atoms with E-state index in [1.54, 1.807) is 54.6 Å². The van der Waals surface area contributed by atoms with Gasteiger partial charge in [0.2, 0.25) is 6.10 Å². The van der Waals surface area contributed by atoms with E-state index in [0.717, 1.165) is 0 Å². The molecule has 1 heterocycles. The van der Waals surface area contributed by atoms with Crippen LogP contribution < -0.4 is 0 Å². The maximum Gasteiger partial charge on any atom is 0.338 e. The number of rotatable bonds is 8. The lowest BCUT2D eigenvalue weighted by atomic mass is 10.1. The molecule has 1 saturated heterocycles. The quantitative estimate of drug-likeness (QED) is 0.160. The second-order valence-electron chi connectivity index (χ2n) is 7.90. The maximum atomic E-state index is 12.9. The SMILES string of the molecule is [N-]=[N+]=N[C@]1(O)O[C@@H](COC(=O)c2ccccc2)[C@H](OC(=O)c2ccccc2)[C@@H]1OC(=O)c1ccccc1. The summed E-state index contributed by atoms with van der Waals surface area (Å²) in [6.45, 7) is -0.525. The van der Waals surface area contributed by atoms with Crippen LogP contribution in [0.2, 0.25) is 0 Å². The molecule has 0 bridgehead atoms. The second kappa shape index (κ2) is 11.4. The molecule has 1 aliphatic heterocycles. The van der Waals surface area contributed by atoms with Gasteiger partial charge in [-0.3, -0.25) is 0 Å². The van der Waals surface area contributed by atoms with Gasteiger partial charge >= 0.3 is 17.9 Å². The Labute approximate surface area is 210 Å². The van der Waals surface area contributed by atoms with Gasteiger partial charge in [0.05, 0.1) is 16.7 Å². The summed E-state index contributed by atoms with van der Waals surface area (Å²) >= 11 is 0. The highest BCUT2D eigenvalue weighted by atomic mass is 16.7. The molecule has 11 heteroatoms. The number of hydrogen-bond acceptors (Lipinski definition) is 9. The first-order chi connectivity index (χ1) is 17.9. The summed E-state index contributed by atoms with van der Waals surface area (Å²) in [5.41, 5.74) is 9.58. The van der Waals surface area contributed by atoms with Crippen molar-refractivity contribution in [1.82, 2.24) is 0 Å². The lowest BCUT2D eigenvalue weighted by Crippen LogP contribution is -2.46. The van der Waals surface area contributed by atoms with Crippen molar-refractivity contribution in [2.24, 2.45) is 5.11 Å². The van der Waals surface area contributed by atoms with Crippen LogP contribution in [0.4, 0.5) is 0 Å². The van der Waals surface area contributed by atoms with E-state index in [-0.39, 0.29) is 16.7 Å². The van der Waals surface area contributed by atoms with Gasteiger partial charge < -0.3 is 24.1 Å². The molecule has 0 amide bonds. The van der Waals surface area contributed by atoms with Crippen LogP contribution >= 0.6 is 0 Å². The summed E-state index contributed by atoms with van der Waals surface area (Å²) in [6, 6.07) is 23.8. The highest BCUT2D eigenvalue weighted by molar-refractivity contribution is 5.91. The van der Waals surface area contributed by atoms with Crippen molar-refractivity contribution in [2.45, 2.75) is 24.2 Å². The van der Waals surface area contributed by atoms with E-state index in [1.807, 2.05) is 0 Å². The normalized spacial score (nSPS) is 22.4. The lowest BCUT2D eigenvalue weighted by molar-refractivity contribution is -0.225. The minimum atomic E-state index is -2.76. The molecular weight excluding hydrogens is 482 g/mol. The van der Waals surface area contributed by atoms with Gasteiger partial charge in [-0.05, 0) is 47.0 Å². The highest BCUT2D eigenvalue weighted by Crippen LogP contribution is 2.36. The Morgan fingerprint density at radius 1 is 0.811 bits per heavy atom. The van der Waals surface area contributed by atoms with Crippen molar-refractivity contribution >= 4 is 17.9 Å². The Hall–Kier alpha value is -4.70. The molecule has 0 unspecified atom stereocenters. The molecule has 0 saturated carbocycles. The molecule has 0 radical (unpaired) electrons. The summed E-state index contributed by atoms with van der Waals surface area (Å²) in [5, 5.41) is 14.3. The molecule has 3 aromatic carbocycles. The van der Waals surface area contributed by atoms with Crippen LogP contribution in [0.3, 0.4) is 0 Å². The number of aliphatic hydroxyl groups is 1. The fourth-order valence-corrected chi connectivity index (χ4v) is 3.66. The molecule has 188 valence electrons. The van der Waals surface area contributed by atoms with E-state index in [1.165, 1.54) is 36.4 Å². The van der Waals surface area contributed by atoms with Gasteiger partial charge in [0, 0.05) is 4.91 Å². The molecule has 3 aromatic rings. The third-order valence-corrected chi connectivity index (χ3v) is 5.43. The molecule has 1 aliphatic rings. The summed E-state index contributed by atoms with van der Waals surface area (Å²) in [6.07, 6.45) is -4.66. The number of azide groups is 1. The van der Waals surface area contributed by atoms with Crippen LogP contribution in [0.1, 0.15) is 31.1 Å². The number of nitrogens with zero attached hydrogens (tertiary/aromatic N) is 3. The first-order valence-electron chi connectivity index (χ1n) is 11.1. The summed E-state index contributed by atoms with van der Waals surface area (Å²) in [5.74, 6) is -5.21. The van der Waals surface area contributed by atoms with Gasteiger partial charge in [-0.15, -0.1) is 0 Å². The molecule has 37 heavy (non-hydrogen) atoms. The topological polar surface area (TPSA) is 157 Å².